The highest BCUT2D eigenvalue weighted by atomic mass is 16.4. The maximum atomic E-state index is 5.66. The second kappa shape index (κ2) is 6.28. The minimum absolute atomic E-state index is 0.397. The van der Waals surface area contributed by atoms with Gasteiger partial charge in [0.15, 0.2) is 0 Å². The van der Waals surface area contributed by atoms with Crippen LogP contribution in [0.2, 0.25) is 0 Å². The molecular weight excluding hydrogens is 294 g/mol. The molecule has 0 saturated heterocycles. The van der Waals surface area contributed by atoms with Crippen molar-refractivity contribution in [3.63, 3.8) is 0 Å². The van der Waals surface area contributed by atoms with Gasteiger partial charge in [0.1, 0.15) is 5.76 Å². The molecule has 0 unspecified atom stereocenters. The molecule has 0 saturated carbocycles. The van der Waals surface area contributed by atoms with Crippen molar-refractivity contribution in [3.8, 4) is 11.5 Å². The van der Waals surface area contributed by atoms with Gasteiger partial charge in [-0.3, -0.25) is 4.68 Å². The Morgan fingerprint density at radius 2 is 2.04 bits per heavy atom. The van der Waals surface area contributed by atoms with Crippen LogP contribution in [-0.4, -0.2) is 20.0 Å². The summed E-state index contributed by atoms with van der Waals surface area (Å²) < 4.78 is 12.9. The highest BCUT2D eigenvalue weighted by Crippen LogP contribution is 2.24. The summed E-state index contributed by atoms with van der Waals surface area (Å²) in [7, 11) is 1.98. The van der Waals surface area contributed by atoms with Crippen LogP contribution in [0.15, 0.2) is 21.2 Å². The molecule has 0 amide bonds. The second-order valence-electron chi connectivity index (χ2n) is 5.36. The van der Waals surface area contributed by atoms with Gasteiger partial charge in [-0.1, -0.05) is 18.9 Å². The SMILES string of the molecule is CCc1nn(C)c(CC)c1CNc1nnc(-c2ccoc2C)o1. The van der Waals surface area contributed by atoms with Gasteiger partial charge in [-0.05, 0) is 25.8 Å². The van der Waals surface area contributed by atoms with Crippen molar-refractivity contribution < 1.29 is 8.83 Å². The summed E-state index contributed by atoms with van der Waals surface area (Å²) in [6.07, 6.45) is 3.44. The van der Waals surface area contributed by atoms with Gasteiger partial charge in [-0.2, -0.15) is 5.10 Å². The predicted molar refractivity (Wildman–Crippen MR) is 86.0 cm³/mol. The Morgan fingerprint density at radius 3 is 2.70 bits per heavy atom. The van der Waals surface area contributed by atoms with Crippen molar-refractivity contribution in [3.05, 3.63) is 35.0 Å². The molecule has 0 bridgehead atoms. The van der Waals surface area contributed by atoms with E-state index in [1.807, 2.05) is 24.7 Å². The number of hydrogen-bond acceptors (Lipinski definition) is 6. The van der Waals surface area contributed by atoms with E-state index in [0.717, 1.165) is 29.9 Å². The van der Waals surface area contributed by atoms with Crippen LogP contribution in [0, 0.1) is 6.92 Å². The van der Waals surface area contributed by atoms with Crippen molar-refractivity contribution in [1.82, 2.24) is 20.0 Å². The molecule has 0 atom stereocenters. The van der Waals surface area contributed by atoms with E-state index in [1.54, 1.807) is 6.26 Å². The minimum atomic E-state index is 0.397. The van der Waals surface area contributed by atoms with Crippen LogP contribution < -0.4 is 5.32 Å². The van der Waals surface area contributed by atoms with Crippen molar-refractivity contribution in [2.45, 2.75) is 40.2 Å². The molecule has 0 fully saturated rings. The maximum absolute atomic E-state index is 5.66. The number of nitrogens with zero attached hydrogens (tertiary/aromatic N) is 4. The topological polar surface area (TPSA) is 81.9 Å². The lowest BCUT2D eigenvalue weighted by molar-refractivity contribution is 0.530. The first-order valence-corrected chi connectivity index (χ1v) is 7.79. The molecule has 0 radical (unpaired) electrons. The molecule has 3 rings (SSSR count). The Labute approximate surface area is 134 Å². The van der Waals surface area contributed by atoms with E-state index in [9.17, 15) is 0 Å². The van der Waals surface area contributed by atoms with Gasteiger partial charge in [0.05, 0.1) is 17.5 Å². The van der Waals surface area contributed by atoms with Gasteiger partial charge < -0.3 is 14.2 Å². The number of nitrogens with one attached hydrogen (secondary N) is 1. The summed E-state index contributed by atoms with van der Waals surface area (Å²) in [5.74, 6) is 1.21. The van der Waals surface area contributed by atoms with E-state index < -0.39 is 0 Å². The number of rotatable bonds is 6. The van der Waals surface area contributed by atoms with Crippen LogP contribution in [0.25, 0.3) is 11.5 Å². The third kappa shape index (κ3) is 2.86. The molecule has 0 aliphatic heterocycles. The van der Waals surface area contributed by atoms with Crippen molar-refractivity contribution in [2.75, 3.05) is 5.32 Å². The van der Waals surface area contributed by atoms with Gasteiger partial charge in [0, 0.05) is 24.8 Å². The average molecular weight is 315 g/mol. The minimum Gasteiger partial charge on any atom is -0.469 e. The molecule has 7 heteroatoms. The fourth-order valence-electron chi connectivity index (χ4n) is 2.77. The van der Waals surface area contributed by atoms with E-state index in [4.69, 9.17) is 8.83 Å². The molecule has 122 valence electrons. The van der Waals surface area contributed by atoms with Crippen LogP contribution in [0.1, 0.15) is 36.6 Å². The van der Waals surface area contributed by atoms with E-state index in [0.29, 0.717) is 18.5 Å². The summed E-state index contributed by atoms with van der Waals surface area (Å²) in [4.78, 5) is 0. The lowest BCUT2D eigenvalue weighted by Gasteiger charge is -2.05. The van der Waals surface area contributed by atoms with Crippen molar-refractivity contribution in [1.29, 1.82) is 0 Å². The van der Waals surface area contributed by atoms with Gasteiger partial charge in [0.25, 0.3) is 5.89 Å². The van der Waals surface area contributed by atoms with Crippen LogP contribution in [0.4, 0.5) is 6.01 Å². The van der Waals surface area contributed by atoms with Crippen LogP contribution in [0.3, 0.4) is 0 Å². The zero-order valence-electron chi connectivity index (χ0n) is 13.9. The number of furan rings is 1. The quantitative estimate of drug-likeness (QED) is 0.752. The molecule has 3 heterocycles. The van der Waals surface area contributed by atoms with Gasteiger partial charge in [0.2, 0.25) is 0 Å². The van der Waals surface area contributed by atoms with E-state index >= 15 is 0 Å². The fraction of sp³-hybridized carbons (Fsp3) is 0.438. The monoisotopic (exact) mass is 315 g/mol. The zero-order chi connectivity index (χ0) is 16.4. The fourth-order valence-corrected chi connectivity index (χ4v) is 2.77. The summed E-state index contributed by atoms with van der Waals surface area (Å²) in [5, 5.41) is 15.9. The first kappa shape index (κ1) is 15.3. The first-order chi connectivity index (χ1) is 11.1. The van der Waals surface area contributed by atoms with Gasteiger partial charge in [-0.15, -0.1) is 5.10 Å². The highest BCUT2D eigenvalue weighted by Gasteiger charge is 2.16. The number of aryl methyl sites for hydroxylation is 3. The molecule has 23 heavy (non-hydrogen) atoms. The number of hydrogen-bond donors (Lipinski definition) is 1. The summed E-state index contributed by atoms with van der Waals surface area (Å²) in [6.45, 7) is 6.72. The zero-order valence-corrected chi connectivity index (χ0v) is 13.9. The van der Waals surface area contributed by atoms with Crippen LogP contribution in [-0.2, 0) is 26.4 Å². The first-order valence-electron chi connectivity index (χ1n) is 7.79. The third-order valence-electron chi connectivity index (χ3n) is 3.96. The van der Waals surface area contributed by atoms with Crippen molar-refractivity contribution >= 4 is 6.01 Å². The summed E-state index contributed by atoms with van der Waals surface area (Å²) in [5.41, 5.74) is 4.34. The lowest BCUT2D eigenvalue weighted by atomic mass is 10.1. The summed E-state index contributed by atoms with van der Waals surface area (Å²) >= 11 is 0. The van der Waals surface area contributed by atoms with E-state index in [-0.39, 0.29) is 0 Å². The van der Waals surface area contributed by atoms with Crippen molar-refractivity contribution in [2.24, 2.45) is 7.05 Å². The Kier molecular flexibility index (Phi) is 4.18. The Bertz CT molecular complexity index is 799. The maximum Gasteiger partial charge on any atom is 0.316 e. The normalized spacial score (nSPS) is 11.1. The molecular formula is C16H21N5O2. The predicted octanol–water partition coefficient (Wildman–Crippen LogP) is 3.11. The van der Waals surface area contributed by atoms with Crippen LogP contribution >= 0.6 is 0 Å². The van der Waals surface area contributed by atoms with Gasteiger partial charge in [-0.25, -0.2) is 0 Å². The molecule has 3 aromatic rings. The molecule has 0 aromatic carbocycles. The Hall–Kier alpha value is -2.57. The molecule has 1 N–H and O–H groups in total. The largest absolute Gasteiger partial charge is 0.469 e. The standard InChI is InChI=1S/C16H21N5O2/c1-5-13-12(14(6-2)21(4)20-13)9-17-16-19-18-15(23-16)11-7-8-22-10(11)3/h7-8H,5-6,9H2,1-4H3,(H,17,19). The average Bonchev–Trinajstić information content (AvgIpc) is 3.23. The Balaban J connectivity index is 1.77. The smallest absolute Gasteiger partial charge is 0.316 e. The highest BCUT2D eigenvalue weighted by molar-refractivity contribution is 5.55. The van der Waals surface area contributed by atoms with E-state index in [1.165, 1.54) is 11.3 Å². The third-order valence-corrected chi connectivity index (χ3v) is 3.96. The van der Waals surface area contributed by atoms with Gasteiger partial charge >= 0.3 is 6.01 Å². The second-order valence-corrected chi connectivity index (χ2v) is 5.36. The molecule has 3 aromatic heterocycles. The lowest BCUT2D eigenvalue weighted by Crippen LogP contribution is -2.05. The molecule has 0 aliphatic carbocycles. The number of aromatic nitrogens is 4. The molecule has 0 aliphatic rings. The summed E-state index contributed by atoms with van der Waals surface area (Å²) in [6, 6.07) is 2.21. The molecule has 0 spiro atoms. The van der Waals surface area contributed by atoms with Crippen LogP contribution in [0.5, 0.6) is 0 Å². The Morgan fingerprint density at radius 1 is 1.22 bits per heavy atom. The van der Waals surface area contributed by atoms with E-state index in [2.05, 4.69) is 34.5 Å². The molecule has 7 nitrogen and oxygen atoms in total. The number of anilines is 1.